The quantitative estimate of drug-likeness (QED) is 0.722. The maximum Gasteiger partial charge on any atom is 0.0722 e. The molecule has 0 bridgehead atoms. The molecule has 3 nitrogen and oxygen atoms in total. The van der Waals surface area contributed by atoms with Crippen molar-refractivity contribution in [1.82, 2.24) is 4.98 Å². The molecule has 1 atom stereocenters. The number of pyridine rings is 1. The first kappa shape index (κ1) is 10.7. The minimum absolute atomic E-state index is 0.298. The Bertz CT molecular complexity index is 332. The second-order valence-corrected chi connectivity index (χ2v) is 4.03. The molecule has 82 valence electrons. The number of ether oxygens (including phenoxy) is 1. The molecule has 1 aliphatic heterocycles. The van der Waals surface area contributed by atoms with Crippen LogP contribution in [0.5, 0.6) is 0 Å². The van der Waals surface area contributed by atoms with Crippen molar-refractivity contribution in [2.75, 3.05) is 24.6 Å². The monoisotopic (exact) mass is 226 g/mol. The van der Waals surface area contributed by atoms with Crippen LogP contribution in [0.3, 0.4) is 0 Å². The average Bonchev–Trinajstić information content (AvgIpc) is 2.29. The molecule has 0 radical (unpaired) electrons. The Morgan fingerprint density at radius 3 is 3.27 bits per heavy atom. The summed E-state index contributed by atoms with van der Waals surface area (Å²) in [6.07, 6.45) is 2.11. The summed E-state index contributed by atoms with van der Waals surface area (Å²) in [5, 5.41) is 0. The fourth-order valence-electron chi connectivity index (χ4n) is 1.79. The Labute approximate surface area is 95.0 Å². The van der Waals surface area contributed by atoms with Gasteiger partial charge in [-0.3, -0.25) is 4.98 Å². The van der Waals surface area contributed by atoms with Gasteiger partial charge in [0.1, 0.15) is 0 Å². The zero-order valence-electron chi connectivity index (χ0n) is 8.82. The van der Waals surface area contributed by atoms with E-state index in [0.717, 1.165) is 25.4 Å². The van der Waals surface area contributed by atoms with Gasteiger partial charge >= 0.3 is 0 Å². The van der Waals surface area contributed by atoms with Crippen LogP contribution in [-0.4, -0.2) is 30.8 Å². The predicted octanol–water partition coefficient (Wildman–Crippen LogP) is 2.05. The molecule has 1 aromatic rings. The third-order valence-electron chi connectivity index (χ3n) is 2.54. The summed E-state index contributed by atoms with van der Waals surface area (Å²) in [4.78, 5) is 6.49. The van der Waals surface area contributed by atoms with Gasteiger partial charge in [-0.25, -0.2) is 0 Å². The number of aromatic nitrogens is 1. The number of anilines is 1. The number of alkyl halides is 1. The molecule has 0 aromatic carbocycles. The first-order valence-corrected chi connectivity index (χ1v) is 5.70. The molecule has 1 unspecified atom stereocenters. The lowest BCUT2D eigenvalue weighted by molar-refractivity contribution is 0.0532. The molecule has 1 fully saturated rings. The highest BCUT2D eigenvalue weighted by molar-refractivity contribution is 6.16. The maximum atomic E-state index is 5.76. The van der Waals surface area contributed by atoms with Crippen LogP contribution in [0.1, 0.15) is 12.6 Å². The van der Waals surface area contributed by atoms with Gasteiger partial charge in [0.2, 0.25) is 0 Å². The topological polar surface area (TPSA) is 25.4 Å². The van der Waals surface area contributed by atoms with Crippen LogP contribution in [0.25, 0.3) is 0 Å². The first-order chi connectivity index (χ1) is 7.29. The smallest absolute Gasteiger partial charge is 0.0722 e. The molecule has 2 rings (SSSR count). The van der Waals surface area contributed by atoms with Gasteiger partial charge < -0.3 is 9.64 Å². The van der Waals surface area contributed by atoms with Gasteiger partial charge in [0.15, 0.2) is 0 Å². The molecule has 0 N–H and O–H groups in total. The third kappa shape index (κ3) is 2.61. The molecule has 4 heteroatoms. The van der Waals surface area contributed by atoms with Crippen molar-refractivity contribution in [2.45, 2.75) is 18.9 Å². The van der Waals surface area contributed by atoms with Crippen LogP contribution in [0, 0.1) is 0 Å². The van der Waals surface area contributed by atoms with Crippen LogP contribution in [0.15, 0.2) is 18.3 Å². The van der Waals surface area contributed by atoms with E-state index in [-0.39, 0.29) is 0 Å². The van der Waals surface area contributed by atoms with Gasteiger partial charge in [0.05, 0.1) is 24.3 Å². The lowest BCUT2D eigenvalue weighted by atomic mass is 10.2. The highest BCUT2D eigenvalue weighted by atomic mass is 35.5. The summed E-state index contributed by atoms with van der Waals surface area (Å²) in [7, 11) is 0. The Hall–Kier alpha value is -0.800. The third-order valence-corrected chi connectivity index (χ3v) is 2.82. The number of hydrogen-bond acceptors (Lipinski definition) is 3. The lowest BCUT2D eigenvalue weighted by Crippen LogP contribution is -2.41. The van der Waals surface area contributed by atoms with Crippen molar-refractivity contribution in [1.29, 1.82) is 0 Å². The van der Waals surface area contributed by atoms with Crippen molar-refractivity contribution in [3.05, 3.63) is 24.0 Å². The standard InChI is InChI=1S/C11H15ClN2O/c1-9-8-14(4-5-15-9)11-2-3-13-10(6-11)7-12/h2-3,6,9H,4-5,7-8H2,1H3. The van der Waals surface area contributed by atoms with Gasteiger partial charge in [-0.1, -0.05) is 0 Å². The molecule has 15 heavy (non-hydrogen) atoms. The SMILES string of the molecule is CC1CN(c2ccnc(CCl)c2)CCO1. The average molecular weight is 227 g/mol. The summed E-state index contributed by atoms with van der Waals surface area (Å²) in [6.45, 7) is 4.76. The summed E-state index contributed by atoms with van der Waals surface area (Å²) in [6, 6.07) is 4.07. The largest absolute Gasteiger partial charge is 0.375 e. The van der Waals surface area contributed by atoms with Crippen LogP contribution in [0.2, 0.25) is 0 Å². The molecular weight excluding hydrogens is 212 g/mol. The van der Waals surface area contributed by atoms with E-state index in [4.69, 9.17) is 16.3 Å². The van der Waals surface area contributed by atoms with Crippen molar-refractivity contribution in [3.8, 4) is 0 Å². The minimum atomic E-state index is 0.298. The van der Waals surface area contributed by atoms with E-state index in [0.29, 0.717) is 12.0 Å². The first-order valence-electron chi connectivity index (χ1n) is 5.17. The van der Waals surface area contributed by atoms with E-state index in [1.165, 1.54) is 5.69 Å². The van der Waals surface area contributed by atoms with Crippen molar-refractivity contribution in [3.63, 3.8) is 0 Å². The van der Waals surface area contributed by atoms with Gasteiger partial charge in [-0.05, 0) is 19.1 Å². The van der Waals surface area contributed by atoms with E-state index in [9.17, 15) is 0 Å². The maximum absolute atomic E-state index is 5.76. The van der Waals surface area contributed by atoms with E-state index in [1.54, 1.807) is 0 Å². The van der Waals surface area contributed by atoms with Crippen LogP contribution in [-0.2, 0) is 10.6 Å². The minimum Gasteiger partial charge on any atom is -0.375 e. The molecule has 1 aliphatic rings. The fourth-order valence-corrected chi connectivity index (χ4v) is 1.93. The Kier molecular flexibility index (Phi) is 3.44. The summed E-state index contributed by atoms with van der Waals surface area (Å²) >= 11 is 5.76. The van der Waals surface area contributed by atoms with E-state index < -0.39 is 0 Å². The highest BCUT2D eigenvalue weighted by Gasteiger charge is 2.16. The van der Waals surface area contributed by atoms with Crippen LogP contribution < -0.4 is 4.90 Å². The van der Waals surface area contributed by atoms with E-state index >= 15 is 0 Å². The van der Waals surface area contributed by atoms with E-state index in [2.05, 4.69) is 16.8 Å². The number of halogens is 1. The molecule has 0 spiro atoms. The second kappa shape index (κ2) is 4.81. The zero-order chi connectivity index (χ0) is 10.7. The molecule has 0 amide bonds. The van der Waals surface area contributed by atoms with Gasteiger partial charge in [-0.15, -0.1) is 11.6 Å². The Morgan fingerprint density at radius 1 is 1.67 bits per heavy atom. The molecule has 0 aliphatic carbocycles. The predicted molar refractivity (Wildman–Crippen MR) is 61.4 cm³/mol. The molecule has 1 saturated heterocycles. The highest BCUT2D eigenvalue weighted by Crippen LogP contribution is 2.18. The van der Waals surface area contributed by atoms with Gasteiger partial charge in [0.25, 0.3) is 0 Å². The number of nitrogens with zero attached hydrogens (tertiary/aromatic N) is 2. The molecule has 1 aromatic heterocycles. The zero-order valence-corrected chi connectivity index (χ0v) is 9.57. The van der Waals surface area contributed by atoms with Gasteiger partial charge in [-0.2, -0.15) is 0 Å². The van der Waals surface area contributed by atoms with Crippen LogP contribution in [0.4, 0.5) is 5.69 Å². The van der Waals surface area contributed by atoms with E-state index in [1.807, 2.05) is 18.3 Å². The van der Waals surface area contributed by atoms with Gasteiger partial charge in [0, 0.05) is 25.0 Å². The number of morpholine rings is 1. The number of hydrogen-bond donors (Lipinski definition) is 0. The van der Waals surface area contributed by atoms with Crippen molar-refractivity contribution < 1.29 is 4.74 Å². The Balaban J connectivity index is 2.13. The summed E-state index contributed by atoms with van der Waals surface area (Å²) < 4.78 is 5.50. The summed E-state index contributed by atoms with van der Waals surface area (Å²) in [5.41, 5.74) is 2.11. The van der Waals surface area contributed by atoms with Crippen LogP contribution >= 0.6 is 11.6 Å². The normalized spacial score (nSPS) is 21.7. The lowest BCUT2D eigenvalue weighted by Gasteiger charge is -2.32. The Morgan fingerprint density at radius 2 is 2.53 bits per heavy atom. The van der Waals surface area contributed by atoms with Crippen molar-refractivity contribution in [2.24, 2.45) is 0 Å². The molecular formula is C11H15ClN2O. The number of rotatable bonds is 2. The fraction of sp³-hybridized carbons (Fsp3) is 0.545. The summed E-state index contributed by atoms with van der Waals surface area (Å²) in [5.74, 6) is 0.466. The molecule has 2 heterocycles. The van der Waals surface area contributed by atoms with Crippen molar-refractivity contribution >= 4 is 17.3 Å². The molecule has 0 saturated carbocycles. The second-order valence-electron chi connectivity index (χ2n) is 3.77.